The quantitative estimate of drug-likeness (QED) is 0.799. The molecule has 0 aliphatic carbocycles. The summed E-state index contributed by atoms with van der Waals surface area (Å²) >= 11 is 0. The molecule has 6 heteroatoms. The van der Waals surface area contributed by atoms with Gasteiger partial charge in [-0.3, -0.25) is 4.72 Å². The molecule has 1 heterocycles. The number of nitrogens with zero attached hydrogens (tertiary/aromatic N) is 1. The zero-order chi connectivity index (χ0) is 15.7. The molecule has 0 atom stereocenters. The largest absolute Gasteiger partial charge is 0.441 e. The molecule has 0 saturated heterocycles. The Labute approximate surface area is 129 Å². The standard InChI is InChI=1S/C16H16N2O3S/c1-3-12-6-4-5-7-14(12)18-22(19,20)13-8-9-16-15(10-13)17-11(2)21-16/h4-10,18H,3H2,1-2H3. The maximum atomic E-state index is 12.6. The third-order valence-electron chi connectivity index (χ3n) is 3.42. The van der Waals surface area contributed by atoms with Crippen LogP contribution in [0.15, 0.2) is 51.8 Å². The zero-order valence-corrected chi connectivity index (χ0v) is 13.1. The molecule has 1 N–H and O–H groups in total. The molecule has 5 nitrogen and oxygen atoms in total. The third kappa shape index (κ3) is 2.69. The number of sulfonamides is 1. The Balaban J connectivity index is 2.00. The van der Waals surface area contributed by atoms with Gasteiger partial charge in [-0.1, -0.05) is 25.1 Å². The molecule has 0 fully saturated rings. The van der Waals surface area contributed by atoms with E-state index in [-0.39, 0.29) is 4.90 Å². The number of aromatic nitrogens is 1. The fourth-order valence-corrected chi connectivity index (χ4v) is 3.44. The lowest BCUT2D eigenvalue weighted by Gasteiger charge is -2.11. The molecule has 0 spiro atoms. The molecule has 114 valence electrons. The van der Waals surface area contributed by atoms with Crippen molar-refractivity contribution in [1.29, 1.82) is 0 Å². The van der Waals surface area contributed by atoms with Gasteiger partial charge in [0.1, 0.15) is 5.52 Å². The van der Waals surface area contributed by atoms with E-state index < -0.39 is 10.0 Å². The molecular weight excluding hydrogens is 300 g/mol. The van der Waals surface area contributed by atoms with Gasteiger partial charge in [0.2, 0.25) is 0 Å². The highest BCUT2D eigenvalue weighted by Gasteiger charge is 2.17. The molecule has 0 saturated carbocycles. The average molecular weight is 316 g/mol. The van der Waals surface area contributed by atoms with Crippen molar-refractivity contribution in [1.82, 2.24) is 4.98 Å². The Morgan fingerprint density at radius 2 is 1.95 bits per heavy atom. The lowest BCUT2D eigenvalue weighted by molar-refractivity contribution is 0.561. The van der Waals surface area contributed by atoms with Crippen LogP contribution in [0.25, 0.3) is 11.1 Å². The normalized spacial score (nSPS) is 11.7. The first-order chi connectivity index (χ1) is 10.5. The minimum Gasteiger partial charge on any atom is -0.441 e. The predicted octanol–water partition coefficient (Wildman–Crippen LogP) is 3.50. The number of hydrogen-bond donors (Lipinski definition) is 1. The molecule has 0 aliphatic rings. The molecule has 2 aromatic carbocycles. The van der Waals surface area contributed by atoms with Gasteiger partial charge in [0.15, 0.2) is 11.5 Å². The second-order valence-corrected chi connectivity index (χ2v) is 6.66. The first-order valence-electron chi connectivity index (χ1n) is 6.97. The summed E-state index contributed by atoms with van der Waals surface area (Å²) < 4.78 is 33.1. The summed E-state index contributed by atoms with van der Waals surface area (Å²) in [4.78, 5) is 4.34. The predicted molar refractivity (Wildman–Crippen MR) is 85.4 cm³/mol. The van der Waals surface area contributed by atoms with Crippen LogP contribution in [0.5, 0.6) is 0 Å². The van der Waals surface area contributed by atoms with Crippen molar-refractivity contribution in [2.45, 2.75) is 25.2 Å². The molecule has 0 amide bonds. The van der Waals surface area contributed by atoms with Crippen LogP contribution in [0.1, 0.15) is 18.4 Å². The molecule has 0 unspecified atom stereocenters. The molecule has 0 radical (unpaired) electrons. The summed E-state index contributed by atoms with van der Waals surface area (Å²) in [6.07, 6.45) is 0.750. The van der Waals surface area contributed by atoms with Crippen LogP contribution in [0.2, 0.25) is 0 Å². The number of nitrogens with one attached hydrogen (secondary N) is 1. The third-order valence-corrected chi connectivity index (χ3v) is 4.78. The van der Waals surface area contributed by atoms with E-state index in [9.17, 15) is 8.42 Å². The van der Waals surface area contributed by atoms with Gasteiger partial charge in [0.05, 0.1) is 10.6 Å². The van der Waals surface area contributed by atoms with Crippen molar-refractivity contribution < 1.29 is 12.8 Å². The Bertz CT molecular complexity index is 929. The molecule has 3 aromatic rings. The molecule has 3 rings (SSSR count). The van der Waals surface area contributed by atoms with Crippen molar-refractivity contribution in [3.05, 3.63) is 53.9 Å². The summed E-state index contributed by atoms with van der Waals surface area (Å²) in [5.41, 5.74) is 2.65. The van der Waals surface area contributed by atoms with Gasteiger partial charge in [0.25, 0.3) is 10.0 Å². The maximum absolute atomic E-state index is 12.6. The number of anilines is 1. The fraction of sp³-hybridized carbons (Fsp3) is 0.188. The Morgan fingerprint density at radius 1 is 1.18 bits per heavy atom. The second kappa shape index (κ2) is 5.46. The highest BCUT2D eigenvalue weighted by atomic mass is 32.2. The number of aryl methyl sites for hydroxylation is 2. The zero-order valence-electron chi connectivity index (χ0n) is 12.3. The lowest BCUT2D eigenvalue weighted by Crippen LogP contribution is -2.14. The summed E-state index contributed by atoms with van der Waals surface area (Å²) in [6.45, 7) is 3.71. The molecule has 22 heavy (non-hydrogen) atoms. The SMILES string of the molecule is CCc1ccccc1NS(=O)(=O)c1ccc2oc(C)nc2c1. The highest BCUT2D eigenvalue weighted by molar-refractivity contribution is 7.92. The van der Waals surface area contributed by atoms with E-state index >= 15 is 0 Å². The minimum absolute atomic E-state index is 0.166. The van der Waals surface area contributed by atoms with Crippen molar-refractivity contribution in [2.24, 2.45) is 0 Å². The van der Waals surface area contributed by atoms with Crippen molar-refractivity contribution in [3.63, 3.8) is 0 Å². The van der Waals surface area contributed by atoms with E-state index in [1.165, 1.54) is 12.1 Å². The Morgan fingerprint density at radius 3 is 2.73 bits per heavy atom. The van der Waals surface area contributed by atoms with Crippen molar-refractivity contribution >= 4 is 26.8 Å². The van der Waals surface area contributed by atoms with Gasteiger partial charge in [-0.25, -0.2) is 13.4 Å². The highest BCUT2D eigenvalue weighted by Crippen LogP contribution is 2.23. The van der Waals surface area contributed by atoms with E-state index in [2.05, 4.69) is 9.71 Å². The number of benzene rings is 2. The van der Waals surface area contributed by atoms with Crippen LogP contribution in [-0.4, -0.2) is 13.4 Å². The van der Waals surface area contributed by atoms with Gasteiger partial charge in [-0.05, 0) is 36.2 Å². The second-order valence-electron chi connectivity index (χ2n) is 4.98. The Hall–Kier alpha value is -2.34. The smallest absolute Gasteiger partial charge is 0.261 e. The van der Waals surface area contributed by atoms with Gasteiger partial charge >= 0.3 is 0 Å². The van der Waals surface area contributed by atoms with E-state index in [0.717, 1.165) is 12.0 Å². The number of fused-ring (bicyclic) bond motifs is 1. The summed E-state index contributed by atoms with van der Waals surface area (Å²) in [7, 11) is -3.66. The first kappa shape index (κ1) is 14.6. The summed E-state index contributed by atoms with van der Waals surface area (Å²) in [5.74, 6) is 0.508. The van der Waals surface area contributed by atoms with Crippen molar-refractivity contribution in [2.75, 3.05) is 4.72 Å². The molecular formula is C16H16N2O3S. The molecule has 0 bridgehead atoms. The minimum atomic E-state index is -3.66. The van der Waals surface area contributed by atoms with Gasteiger partial charge in [0, 0.05) is 6.92 Å². The summed E-state index contributed by atoms with van der Waals surface area (Å²) in [5, 5.41) is 0. The summed E-state index contributed by atoms with van der Waals surface area (Å²) in [6, 6.07) is 12.0. The van der Waals surface area contributed by atoms with Gasteiger partial charge < -0.3 is 4.42 Å². The van der Waals surface area contributed by atoms with Crippen molar-refractivity contribution in [3.8, 4) is 0 Å². The van der Waals surface area contributed by atoms with Gasteiger partial charge in [-0.15, -0.1) is 0 Å². The van der Waals surface area contributed by atoms with Crippen LogP contribution < -0.4 is 4.72 Å². The first-order valence-corrected chi connectivity index (χ1v) is 8.46. The van der Waals surface area contributed by atoms with Crippen LogP contribution in [0, 0.1) is 6.92 Å². The lowest BCUT2D eigenvalue weighted by atomic mass is 10.1. The number of oxazole rings is 1. The monoisotopic (exact) mass is 316 g/mol. The molecule has 0 aliphatic heterocycles. The van der Waals surface area contributed by atoms with Crippen LogP contribution in [0.3, 0.4) is 0 Å². The van der Waals surface area contributed by atoms with E-state index in [4.69, 9.17) is 4.42 Å². The van der Waals surface area contributed by atoms with Crippen LogP contribution >= 0.6 is 0 Å². The van der Waals surface area contributed by atoms with E-state index in [1.807, 2.05) is 19.1 Å². The molecule has 1 aromatic heterocycles. The van der Waals surface area contributed by atoms with E-state index in [1.54, 1.807) is 25.1 Å². The number of rotatable bonds is 4. The number of hydrogen-bond acceptors (Lipinski definition) is 4. The van der Waals surface area contributed by atoms with Crippen LogP contribution in [0.4, 0.5) is 5.69 Å². The van der Waals surface area contributed by atoms with E-state index in [0.29, 0.717) is 22.7 Å². The average Bonchev–Trinajstić information content (AvgIpc) is 2.86. The fourth-order valence-electron chi connectivity index (χ4n) is 2.32. The van der Waals surface area contributed by atoms with Gasteiger partial charge in [-0.2, -0.15) is 0 Å². The Kier molecular flexibility index (Phi) is 3.62. The number of para-hydroxylation sites is 1. The topological polar surface area (TPSA) is 72.2 Å². The maximum Gasteiger partial charge on any atom is 0.261 e. The van der Waals surface area contributed by atoms with Crippen LogP contribution in [-0.2, 0) is 16.4 Å².